The predicted molar refractivity (Wildman–Crippen MR) is 66.9 cm³/mol. The van der Waals surface area contributed by atoms with Crippen molar-refractivity contribution in [1.29, 1.82) is 0 Å². The highest BCUT2D eigenvalue weighted by Gasteiger charge is 2.05. The second-order valence-electron chi connectivity index (χ2n) is 3.27. The lowest BCUT2D eigenvalue weighted by atomic mass is 10.1. The lowest BCUT2D eigenvalue weighted by molar-refractivity contribution is 0.485. The molecule has 0 aliphatic heterocycles. The van der Waals surface area contributed by atoms with E-state index < -0.39 is 6.67 Å². The number of aryl methyl sites for hydroxylation is 1. The number of hydrogen-bond donors (Lipinski definition) is 0. The molecule has 0 aliphatic carbocycles. The highest BCUT2D eigenvalue weighted by atomic mass is 19.1. The lowest BCUT2D eigenvalue weighted by Gasteiger charge is -2.07. The molecule has 0 spiro atoms. The molecule has 0 saturated carbocycles. The van der Waals surface area contributed by atoms with Gasteiger partial charge in [0, 0.05) is 0 Å². The Morgan fingerprint density at radius 3 is 2.35 bits per heavy atom. The standard InChI is InChI=1S/C11H12FN3.C2H6/c1-2-10-7-9(8-12)3-4-11(10)15-13-5-6-14-15;1-2/h3-7H,2,8H2,1H3;1-2H3. The van der Waals surface area contributed by atoms with E-state index in [4.69, 9.17) is 0 Å². The summed E-state index contributed by atoms with van der Waals surface area (Å²) in [6.45, 7) is 5.60. The molecule has 0 bridgehead atoms. The molecule has 0 radical (unpaired) electrons. The minimum absolute atomic E-state index is 0.431. The molecule has 2 aromatic rings. The maximum absolute atomic E-state index is 12.5. The van der Waals surface area contributed by atoms with Crippen LogP contribution in [0.25, 0.3) is 5.69 Å². The number of halogens is 1. The molecule has 0 unspecified atom stereocenters. The first kappa shape index (κ1) is 13.4. The van der Waals surface area contributed by atoms with Crippen molar-refractivity contribution in [2.24, 2.45) is 0 Å². The van der Waals surface area contributed by atoms with E-state index in [-0.39, 0.29) is 0 Å². The van der Waals surface area contributed by atoms with Crippen LogP contribution in [-0.4, -0.2) is 15.0 Å². The van der Waals surface area contributed by atoms with E-state index in [1.54, 1.807) is 23.3 Å². The van der Waals surface area contributed by atoms with Gasteiger partial charge in [-0.1, -0.05) is 32.9 Å². The summed E-state index contributed by atoms with van der Waals surface area (Å²) in [5, 5.41) is 8.12. The van der Waals surface area contributed by atoms with Crippen molar-refractivity contribution in [1.82, 2.24) is 15.0 Å². The first-order valence-corrected chi connectivity index (χ1v) is 5.89. The zero-order chi connectivity index (χ0) is 12.7. The normalized spacial score (nSPS) is 9.65. The fraction of sp³-hybridized carbons (Fsp3) is 0.385. The molecule has 1 heterocycles. The summed E-state index contributed by atoms with van der Waals surface area (Å²) in [5.41, 5.74) is 2.67. The number of hydrogen-bond acceptors (Lipinski definition) is 2. The van der Waals surface area contributed by atoms with Crippen molar-refractivity contribution in [3.8, 4) is 5.69 Å². The summed E-state index contributed by atoms with van der Waals surface area (Å²) in [6.07, 6.45) is 4.09. The topological polar surface area (TPSA) is 30.7 Å². The van der Waals surface area contributed by atoms with Gasteiger partial charge in [-0.15, -0.1) is 0 Å². The zero-order valence-corrected chi connectivity index (χ0v) is 10.5. The van der Waals surface area contributed by atoms with Crippen LogP contribution in [0.2, 0.25) is 0 Å². The molecular weight excluding hydrogens is 217 g/mol. The molecule has 1 aromatic carbocycles. The molecule has 0 amide bonds. The molecule has 17 heavy (non-hydrogen) atoms. The number of aromatic nitrogens is 3. The number of rotatable bonds is 3. The predicted octanol–water partition coefficient (Wildman–Crippen LogP) is 3.33. The van der Waals surface area contributed by atoms with Gasteiger partial charge in [-0.3, -0.25) is 0 Å². The van der Waals surface area contributed by atoms with Gasteiger partial charge in [-0.25, -0.2) is 4.39 Å². The van der Waals surface area contributed by atoms with Crippen LogP contribution in [0, 0.1) is 0 Å². The van der Waals surface area contributed by atoms with Gasteiger partial charge < -0.3 is 0 Å². The van der Waals surface area contributed by atoms with Gasteiger partial charge >= 0.3 is 0 Å². The number of nitrogens with zero attached hydrogens (tertiary/aromatic N) is 3. The van der Waals surface area contributed by atoms with Crippen molar-refractivity contribution < 1.29 is 4.39 Å². The summed E-state index contributed by atoms with van der Waals surface area (Å²) in [5.74, 6) is 0. The van der Waals surface area contributed by atoms with Crippen molar-refractivity contribution in [2.75, 3.05) is 0 Å². The molecule has 0 fully saturated rings. The second kappa shape index (κ2) is 6.78. The van der Waals surface area contributed by atoms with E-state index in [9.17, 15) is 4.39 Å². The maximum Gasteiger partial charge on any atom is 0.115 e. The summed E-state index contributed by atoms with van der Waals surface area (Å²) < 4.78 is 12.5. The molecule has 3 nitrogen and oxygen atoms in total. The largest absolute Gasteiger partial charge is 0.246 e. The molecule has 0 atom stereocenters. The van der Waals surface area contributed by atoms with Crippen LogP contribution in [0.1, 0.15) is 31.9 Å². The van der Waals surface area contributed by atoms with Gasteiger partial charge in [-0.2, -0.15) is 15.0 Å². The van der Waals surface area contributed by atoms with Gasteiger partial charge in [0.1, 0.15) is 6.67 Å². The molecule has 0 N–H and O–H groups in total. The number of benzene rings is 1. The van der Waals surface area contributed by atoms with Gasteiger partial charge in [0.05, 0.1) is 18.1 Å². The smallest absolute Gasteiger partial charge is 0.115 e. The maximum atomic E-state index is 12.5. The third-order valence-electron chi connectivity index (χ3n) is 2.31. The Hall–Kier alpha value is -1.71. The van der Waals surface area contributed by atoms with Crippen LogP contribution in [0.3, 0.4) is 0 Å². The fourth-order valence-electron chi connectivity index (χ4n) is 1.54. The van der Waals surface area contributed by atoms with Gasteiger partial charge in [0.2, 0.25) is 0 Å². The van der Waals surface area contributed by atoms with E-state index in [1.165, 1.54) is 0 Å². The lowest BCUT2D eigenvalue weighted by Crippen LogP contribution is -2.03. The summed E-state index contributed by atoms with van der Waals surface area (Å²) in [6, 6.07) is 5.48. The Morgan fingerprint density at radius 1 is 1.18 bits per heavy atom. The van der Waals surface area contributed by atoms with Crippen LogP contribution in [-0.2, 0) is 13.1 Å². The molecular formula is C13H18FN3. The van der Waals surface area contributed by atoms with Gasteiger partial charge in [-0.05, 0) is 23.6 Å². The van der Waals surface area contributed by atoms with Crippen LogP contribution in [0.5, 0.6) is 0 Å². The monoisotopic (exact) mass is 235 g/mol. The summed E-state index contributed by atoms with van der Waals surface area (Å²) >= 11 is 0. The van der Waals surface area contributed by atoms with Crippen molar-refractivity contribution in [3.63, 3.8) is 0 Å². The third-order valence-corrected chi connectivity index (χ3v) is 2.31. The van der Waals surface area contributed by atoms with Gasteiger partial charge in [0.25, 0.3) is 0 Å². The highest BCUT2D eigenvalue weighted by Crippen LogP contribution is 2.16. The first-order valence-electron chi connectivity index (χ1n) is 5.89. The molecule has 92 valence electrons. The Balaban J connectivity index is 0.000000686. The van der Waals surface area contributed by atoms with Crippen LogP contribution in [0.15, 0.2) is 30.6 Å². The Morgan fingerprint density at radius 2 is 1.82 bits per heavy atom. The minimum atomic E-state index is -0.431. The van der Waals surface area contributed by atoms with E-state index in [0.717, 1.165) is 17.7 Å². The van der Waals surface area contributed by atoms with E-state index in [2.05, 4.69) is 10.2 Å². The van der Waals surface area contributed by atoms with Crippen molar-refractivity contribution in [2.45, 2.75) is 33.9 Å². The molecule has 0 aliphatic rings. The van der Waals surface area contributed by atoms with Crippen LogP contribution >= 0.6 is 0 Å². The SMILES string of the molecule is CC.CCc1cc(CF)ccc1-n1nccn1. The van der Waals surface area contributed by atoms with Crippen molar-refractivity contribution >= 4 is 0 Å². The Kier molecular flexibility index (Phi) is 5.33. The van der Waals surface area contributed by atoms with E-state index in [0.29, 0.717) is 5.56 Å². The van der Waals surface area contributed by atoms with Crippen LogP contribution in [0.4, 0.5) is 4.39 Å². The molecule has 0 saturated heterocycles. The Bertz CT molecular complexity index is 438. The van der Waals surface area contributed by atoms with Crippen LogP contribution < -0.4 is 0 Å². The quantitative estimate of drug-likeness (QED) is 0.817. The average Bonchev–Trinajstić information content (AvgIpc) is 2.94. The zero-order valence-electron chi connectivity index (χ0n) is 10.5. The highest BCUT2D eigenvalue weighted by molar-refractivity contribution is 5.42. The minimum Gasteiger partial charge on any atom is -0.246 e. The fourth-order valence-corrected chi connectivity index (χ4v) is 1.54. The van der Waals surface area contributed by atoms with Crippen molar-refractivity contribution in [3.05, 3.63) is 41.7 Å². The number of alkyl halides is 1. The third kappa shape index (κ3) is 3.12. The average molecular weight is 235 g/mol. The second-order valence-corrected chi connectivity index (χ2v) is 3.27. The van der Waals surface area contributed by atoms with E-state index in [1.807, 2.05) is 32.9 Å². The summed E-state index contributed by atoms with van der Waals surface area (Å²) in [7, 11) is 0. The molecule has 4 heteroatoms. The molecule has 2 rings (SSSR count). The molecule has 1 aromatic heterocycles. The first-order chi connectivity index (χ1) is 8.35. The van der Waals surface area contributed by atoms with Gasteiger partial charge in [0.15, 0.2) is 0 Å². The Labute approximate surface area is 101 Å². The summed E-state index contributed by atoms with van der Waals surface area (Å²) in [4.78, 5) is 1.56. The van der Waals surface area contributed by atoms with E-state index >= 15 is 0 Å².